The van der Waals surface area contributed by atoms with Crippen LogP contribution in [0, 0.1) is 16.7 Å². The maximum absolute atomic E-state index is 11.9. The van der Waals surface area contributed by atoms with Gasteiger partial charge in [0.1, 0.15) is 0 Å². The van der Waals surface area contributed by atoms with Gasteiger partial charge in [-0.05, 0) is 30.6 Å². The molecule has 0 saturated heterocycles. The van der Waals surface area contributed by atoms with Crippen LogP contribution in [0.25, 0.3) is 0 Å². The standard InChI is InChI=1S/C11H19NO2/c1-8(2)10-5-11(6-10,7-10)9(13)12(3)14-4/h8H,5-7H2,1-4H3. The number of rotatable bonds is 3. The van der Waals surface area contributed by atoms with Crippen LogP contribution in [0.3, 0.4) is 0 Å². The summed E-state index contributed by atoms with van der Waals surface area (Å²) in [5, 5.41) is 1.38. The Morgan fingerprint density at radius 2 is 1.86 bits per heavy atom. The minimum Gasteiger partial charge on any atom is -0.275 e. The second-order valence-corrected chi connectivity index (χ2v) is 5.31. The van der Waals surface area contributed by atoms with Gasteiger partial charge in [-0.3, -0.25) is 9.63 Å². The Hall–Kier alpha value is -0.570. The van der Waals surface area contributed by atoms with E-state index >= 15 is 0 Å². The molecule has 14 heavy (non-hydrogen) atoms. The van der Waals surface area contributed by atoms with E-state index in [9.17, 15) is 4.79 Å². The molecule has 3 rings (SSSR count). The van der Waals surface area contributed by atoms with Crippen molar-refractivity contribution < 1.29 is 9.63 Å². The normalized spacial score (nSPS) is 38.9. The summed E-state index contributed by atoms with van der Waals surface area (Å²) in [5.74, 6) is 0.882. The van der Waals surface area contributed by atoms with Gasteiger partial charge >= 0.3 is 0 Å². The quantitative estimate of drug-likeness (QED) is 0.646. The Bertz CT molecular complexity index is 253. The molecule has 0 unspecified atom stereocenters. The fourth-order valence-electron chi connectivity index (χ4n) is 3.12. The summed E-state index contributed by atoms with van der Waals surface area (Å²) in [7, 11) is 3.24. The highest BCUT2D eigenvalue weighted by molar-refractivity contribution is 5.85. The van der Waals surface area contributed by atoms with E-state index in [0.717, 1.165) is 19.3 Å². The first-order valence-electron chi connectivity index (χ1n) is 5.28. The molecular weight excluding hydrogens is 178 g/mol. The van der Waals surface area contributed by atoms with Gasteiger partial charge in [0.2, 0.25) is 0 Å². The summed E-state index contributed by atoms with van der Waals surface area (Å²) < 4.78 is 0. The minimum atomic E-state index is -0.0466. The van der Waals surface area contributed by atoms with Crippen molar-refractivity contribution in [2.75, 3.05) is 14.2 Å². The second kappa shape index (κ2) is 2.72. The maximum atomic E-state index is 11.9. The number of carbonyl (C=O) groups excluding carboxylic acids is 1. The zero-order valence-electron chi connectivity index (χ0n) is 9.46. The number of hydroxylamine groups is 2. The number of hydrogen-bond acceptors (Lipinski definition) is 2. The average Bonchev–Trinajstić information content (AvgIpc) is 1.96. The molecule has 0 radical (unpaired) electrons. The van der Waals surface area contributed by atoms with Crippen molar-refractivity contribution in [3.05, 3.63) is 0 Å². The van der Waals surface area contributed by atoms with Crippen LogP contribution in [0.1, 0.15) is 33.1 Å². The molecule has 2 bridgehead atoms. The molecule has 0 aromatic rings. The van der Waals surface area contributed by atoms with Gasteiger partial charge in [-0.1, -0.05) is 13.8 Å². The summed E-state index contributed by atoms with van der Waals surface area (Å²) in [4.78, 5) is 16.8. The van der Waals surface area contributed by atoms with Gasteiger partial charge in [0, 0.05) is 7.05 Å². The van der Waals surface area contributed by atoms with Gasteiger partial charge < -0.3 is 0 Å². The summed E-state index contributed by atoms with van der Waals surface area (Å²) in [6.45, 7) is 4.52. The van der Waals surface area contributed by atoms with Gasteiger partial charge in [0.15, 0.2) is 0 Å². The first kappa shape index (κ1) is 9.97. The smallest absolute Gasteiger partial charge is 0.252 e. The molecule has 3 nitrogen and oxygen atoms in total. The fourth-order valence-corrected chi connectivity index (χ4v) is 3.12. The van der Waals surface area contributed by atoms with Crippen molar-refractivity contribution in [3.63, 3.8) is 0 Å². The highest BCUT2D eigenvalue weighted by Crippen LogP contribution is 2.76. The molecular formula is C11H19NO2. The van der Waals surface area contributed by atoms with Crippen molar-refractivity contribution in [1.29, 1.82) is 0 Å². The van der Waals surface area contributed by atoms with Gasteiger partial charge in [-0.15, -0.1) is 0 Å². The minimum absolute atomic E-state index is 0.0466. The van der Waals surface area contributed by atoms with Crippen molar-refractivity contribution >= 4 is 5.91 Å². The molecule has 80 valence electrons. The van der Waals surface area contributed by atoms with Gasteiger partial charge in [-0.2, -0.15) is 0 Å². The Kier molecular flexibility index (Phi) is 1.94. The van der Waals surface area contributed by atoms with E-state index in [1.807, 2.05) is 0 Å². The van der Waals surface area contributed by atoms with Crippen LogP contribution in [0.5, 0.6) is 0 Å². The monoisotopic (exact) mass is 197 g/mol. The summed E-state index contributed by atoms with van der Waals surface area (Å²) in [6, 6.07) is 0. The third-order valence-electron chi connectivity index (χ3n) is 4.31. The predicted octanol–water partition coefficient (Wildman–Crippen LogP) is 1.83. The third kappa shape index (κ3) is 0.991. The van der Waals surface area contributed by atoms with E-state index in [-0.39, 0.29) is 11.3 Å². The molecule has 0 N–H and O–H groups in total. The van der Waals surface area contributed by atoms with Gasteiger partial charge in [0.05, 0.1) is 12.5 Å². The average molecular weight is 197 g/mol. The van der Waals surface area contributed by atoms with Crippen molar-refractivity contribution in [3.8, 4) is 0 Å². The Labute approximate surface area is 85.4 Å². The first-order chi connectivity index (χ1) is 6.46. The first-order valence-corrected chi connectivity index (χ1v) is 5.28. The SMILES string of the molecule is CON(C)C(=O)C12CC(C(C)C)(C1)C2. The molecule has 0 aromatic heterocycles. The molecule has 0 spiro atoms. The molecule has 3 heteroatoms. The molecule has 3 aliphatic carbocycles. The highest BCUT2D eigenvalue weighted by Gasteiger charge is 2.72. The van der Waals surface area contributed by atoms with Crippen LogP contribution in [0.2, 0.25) is 0 Å². The zero-order chi connectivity index (χ0) is 10.6. The van der Waals surface area contributed by atoms with Crippen LogP contribution in [0.4, 0.5) is 0 Å². The Balaban J connectivity index is 1.97. The number of hydrogen-bond donors (Lipinski definition) is 0. The number of amides is 1. The highest BCUT2D eigenvalue weighted by atomic mass is 16.7. The lowest BCUT2D eigenvalue weighted by molar-refractivity contribution is -0.252. The molecule has 1 amide bonds. The van der Waals surface area contributed by atoms with E-state index < -0.39 is 0 Å². The number of carbonyl (C=O) groups is 1. The molecule has 0 aliphatic heterocycles. The van der Waals surface area contributed by atoms with Gasteiger partial charge in [-0.25, -0.2) is 5.06 Å². The Morgan fingerprint density at radius 1 is 1.36 bits per heavy atom. The van der Waals surface area contributed by atoms with Crippen molar-refractivity contribution in [1.82, 2.24) is 5.06 Å². The van der Waals surface area contributed by atoms with Crippen LogP contribution in [-0.2, 0) is 9.63 Å². The van der Waals surface area contributed by atoms with Crippen molar-refractivity contribution in [2.45, 2.75) is 33.1 Å². The molecule has 0 atom stereocenters. The predicted molar refractivity (Wildman–Crippen MR) is 53.3 cm³/mol. The lowest BCUT2D eigenvalue weighted by atomic mass is 9.32. The largest absolute Gasteiger partial charge is 0.275 e. The lowest BCUT2D eigenvalue weighted by Crippen LogP contribution is -2.69. The second-order valence-electron chi connectivity index (χ2n) is 5.31. The molecule has 0 heterocycles. The molecule has 3 aliphatic rings. The van der Waals surface area contributed by atoms with Gasteiger partial charge in [0.25, 0.3) is 5.91 Å². The fraction of sp³-hybridized carbons (Fsp3) is 0.909. The van der Waals surface area contributed by atoms with Crippen LogP contribution in [-0.4, -0.2) is 25.1 Å². The molecule has 3 saturated carbocycles. The maximum Gasteiger partial charge on any atom is 0.252 e. The Morgan fingerprint density at radius 3 is 2.21 bits per heavy atom. The van der Waals surface area contributed by atoms with Crippen LogP contribution >= 0.6 is 0 Å². The summed E-state index contributed by atoms with van der Waals surface area (Å²) >= 11 is 0. The van der Waals surface area contributed by atoms with Crippen molar-refractivity contribution in [2.24, 2.45) is 16.7 Å². The molecule has 0 aromatic carbocycles. The van der Waals surface area contributed by atoms with E-state index in [4.69, 9.17) is 4.84 Å². The molecule has 3 fully saturated rings. The van der Waals surface area contributed by atoms with E-state index in [1.54, 1.807) is 14.2 Å². The zero-order valence-corrected chi connectivity index (χ0v) is 9.46. The number of nitrogens with zero attached hydrogens (tertiary/aromatic N) is 1. The summed E-state index contributed by atoms with van der Waals surface area (Å²) in [6.07, 6.45) is 3.22. The third-order valence-corrected chi connectivity index (χ3v) is 4.31. The lowest BCUT2D eigenvalue weighted by Gasteiger charge is -2.71. The van der Waals surface area contributed by atoms with E-state index in [0.29, 0.717) is 11.3 Å². The van der Waals surface area contributed by atoms with E-state index in [2.05, 4.69) is 13.8 Å². The topological polar surface area (TPSA) is 29.5 Å². The van der Waals surface area contributed by atoms with Crippen LogP contribution < -0.4 is 0 Å². The van der Waals surface area contributed by atoms with Crippen LogP contribution in [0.15, 0.2) is 0 Å². The van der Waals surface area contributed by atoms with E-state index in [1.165, 1.54) is 5.06 Å². The summed E-state index contributed by atoms with van der Waals surface area (Å²) in [5.41, 5.74) is 0.444.